The van der Waals surface area contributed by atoms with Crippen LogP contribution in [0.5, 0.6) is 0 Å². The van der Waals surface area contributed by atoms with E-state index >= 15 is 0 Å². The Morgan fingerprint density at radius 3 is 2.26 bits per heavy atom. The fraction of sp³-hybridized carbons (Fsp3) is 0.467. The van der Waals surface area contributed by atoms with Gasteiger partial charge in [0.1, 0.15) is 0 Å². The molecule has 0 fully saturated rings. The standard InChI is InChI=1S/C15H19F3N2O3/c1-4-12(21)20-14(15(16,17)18,13(22)23-5-2)19-11-9-7-6-8-10(11)3/h6-9,19H,4-5H2,1-3H3,(H,20,21). The van der Waals surface area contributed by atoms with Crippen molar-refractivity contribution in [3.63, 3.8) is 0 Å². The quantitative estimate of drug-likeness (QED) is 0.621. The number of benzene rings is 1. The highest BCUT2D eigenvalue weighted by atomic mass is 19.4. The van der Waals surface area contributed by atoms with Crippen molar-refractivity contribution in [2.75, 3.05) is 11.9 Å². The Labute approximate surface area is 132 Å². The predicted molar refractivity (Wildman–Crippen MR) is 78.7 cm³/mol. The molecule has 1 atom stereocenters. The number of aryl methyl sites for hydroxylation is 1. The summed E-state index contributed by atoms with van der Waals surface area (Å²) in [6, 6.07) is 6.12. The number of hydrogen-bond donors (Lipinski definition) is 2. The summed E-state index contributed by atoms with van der Waals surface area (Å²) in [6.45, 7) is 4.09. The first-order chi connectivity index (χ1) is 10.7. The Hall–Kier alpha value is -2.25. The lowest BCUT2D eigenvalue weighted by molar-refractivity contribution is -0.207. The van der Waals surface area contributed by atoms with E-state index in [0.29, 0.717) is 5.56 Å². The van der Waals surface area contributed by atoms with Crippen LogP contribution in [0.15, 0.2) is 24.3 Å². The molecule has 5 nitrogen and oxygen atoms in total. The number of esters is 1. The average Bonchev–Trinajstić information content (AvgIpc) is 2.47. The molecule has 23 heavy (non-hydrogen) atoms. The lowest BCUT2D eigenvalue weighted by Gasteiger charge is -2.35. The summed E-state index contributed by atoms with van der Waals surface area (Å²) in [4.78, 5) is 23.7. The normalized spacial score (nSPS) is 13.8. The van der Waals surface area contributed by atoms with Crippen molar-refractivity contribution >= 4 is 17.6 Å². The minimum Gasteiger partial charge on any atom is -0.463 e. The van der Waals surface area contributed by atoms with Crippen LogP contribution in [0.4, 0.5) is 18.9 Å². The van der Waals surface area contributed by atoms with Crippen LogP contribution < -0.4 is 10.6 Å². The number of anilines is 1. The van der Waals surface area contributed by atoms with Crippen LogP contribution in [0.1, 0.15) is 25.8 Å². The van der Waals surface area contributed by atoms with Gasteiger partial charge in [0.05, 0.1) is 6.61 Å². The highest BCUT2D eigenvalue weighted by Crippen LogP contribution is 2.34. The van der Waals surface area contributed by atoms with Crippen molar-refractivity contribution in [3.05, 3.63) is 29.8 Å². The topological polar surface area (TPSA) is 67.4 Å². The fourth-order valence-electron chi connectivity index (χ4n) is 1.84. The summed E-state index contributed by atoms with van der Waals surface area (Å²) >= 11 is 0. The van der Waals surface area contributed by atoms with Crippen LogP contribution in [0.25, 0.3) is 0 Å². The molecule has 0 saturated carbocycles. The van der Waals surface area contributed by atoms with Gasteiger partial charge in [-0.2, -0.15) is 13.2 Å². The van der Waals surface area contributed by atoms with Gasteiger partial charge in [0.25, 0.3) is 0 Å². The molecule has 0 aromatic heterocycles. The van der Waals surface area contributed by atoms with Gasteiger partial charge in [-0.05, 0) is 25.5 Å². The summed E-state index contributed by atoms with van der Waals surface area (Å²) < 4.78 is 45.6. The van der Waals surface area contributed by atoms with E-state index in [9.17, 15) is 22.8 Å². The number of halogens is 3. The number of carbonyl (C=O) groups is 2. The molecule has 0 spiro atoms. The molecule has 1 aromatic rings. The summed E-state index contributed by atoms with van der Waals surface area (Å²) in [6.07, 6.45) is -5.32. The maximum absolute atomic E-state index is 13.7. The Bertz CT molecular complexity index is 575. The molecule has 0 aliphatic carbocycles. The zero-order valence-corrected chi connectivity index (χ0v) is 13.1. The van der Waals surface area contributed by atoms with Gasteiger partial charge in [-0.3, -0.25) is 4.79 Å². The number of rotatable bonds is 6. The number of amides is 1. The number of nitrogens with one attached hydrogen (secondary N) is 2. The zero-order valence-electron chi connectivity index (χ0n) is 13.1. The van der Waals surface area contributed by atoms with Gasteiger partial charge in [-0.1, -0.05) is 25.1 Å². The molecule has 1 unspecified atom stereocenters. The van der Waals surface area contributed by atoms with E-state index in [1.807, 2.05) is 0 Å². The molecule has 2 N–H and O–H groups in total. The van der Waals surface area contributed by atoms with Crippen molar-refractivity contribution in [2.24, 2.45) is 0 Å². The Balaban J connectivity index is 3.39. The summed E-state index contributed by atoms with van der Waals surface area (Å²) in [7, 11) is 0. The maximum Gasteiger partial charge on any atom is 0.441 e. The molecule has 0 bridgehead atoms. The van der Waals surface area contributed by atoms with Gasteiger partial charge in [0, 0.05) is 12.1 Å². The molecule has 1 amide bonds. The van der Waals surface area contributed by atoms with Gasteiger partial charge in [0.15, 0.2) is 0 Å². The summed E-state index contributed by atoms with van der Waals surface area (Å²) in [5.74, 6) is -2.55. The first-order valence-corrected chi connectivity index (χ1v) is 7.06. The fourth-order valence-corrected chi connectivity index (χ4v) is 1.84. The van der Waals surface area contributed by atoms with Crippen LogP contribution in [-0.4, -0.2) is 30.3 Å². The molecule has 0 aliphatic rings. The van der Waals surface area contributed by atoms with Crippen molar-refractivity contribution in [2.45, 2.75) is 39.0 Å². The van der Waals surface area contributed by atoms with E-state index in [2.05, 4.69) is 10.1 Å². The van der Waals surface area contributed by atoms with Crippen molar-refractivity contribution in [1.29, 1.82) is 0 Å². The smallest absolute Gasteiger partial charge is 0.441 e. The molecule has 0 heterocycles. The summed E-state index contributed by atoms with van der Waals surface area (Å²) in [5.41, 5.74) is -2.80. The Morgan fingerprint density at radius 1 is 1.17 bits per heavy atom. The van der Waals surface area contributed by atoms with Crippen molar-refractivity contribution < 1.29 is 27.5 Å². The minimum absolute atomic E-state index is 0.0641. The second-order valence-electron chi connectivity index (χ2n) is 4.81. The lowest BCUT2D eigenvalue weighted by atomic mass is 10.1. The first kappa shape index (κ1) is 18.8. The number of carbonyl (C=O) groups excluding carboxylic acids is 2. The van der Waals surface area contributed by atoms with Crippen LogP contribution >= 0.6 is 0 Å². The SMILES string of the molecule is CCOC(=O)C(NC(=O)CC)(Nc1ccccc1C)C(F)(F)F. The largest absolute Gasteiger partial charge is 0.463 e. The Kier molecular flexibility index (Phi) is 6.00. The third kappa shape index (κ3) is 4.14. The molecular formula is C15H19F3N2O3. The number of alkyl halides is 3. The second-order valence-corrected chi connectivity index (χ2v) is 4.81. The molecule has 128 valence electrons. The van der Waals surface area contributed by atoms with E-state index in [1.165, 1.54) is 26.0 Å². The Morgan fingerprint density at radius 2 is 1.78 bits per heavy atom. The highest BCUT2D eigenvalue weighted by Gasteiger charge is 2.63. The monoisotopic (exact) mass is 332 g/mol. The zero-order chi connectivity index (χ0) is 17.7. The number of hydrogen-bond acceptors (Lipinski definition) is 4. The lowest BCUT2D eigenvalue weighted by Crippen LogP contribution is -2.69. The minimum atomic E-state index is -5.10. The van der Waals surface area contributed by atoms with Crippen LogP contribution in [0.3, 0.4) is 0 Å². The second kappa shape index (κ2) is 7.34. The van der Waals surface area contributed by atoms with Crippen molar-refractivity contribution in [3.8, 4) is 0 Å². The third-order valence-electron chi connectivity index (χ3n) is 3.12. The van der Waals surface area contributed by atoms with E-state index in [0.717, 1.165) is 0 Å². The van der Waals surface area contributed by atoms with Gasteiger partial charge in [-0.25, -0.2) is 4.79 Å². The van der Waals surface area contributed by atoms with Gasteiger partial charge < -0.3 is 15.4 Å². The molecule has 1 rings (SSSR count). The molecular weight excluding hydrogens is 313 g/mol. The van der Waals surface area contributed by atoms with Crippen LogP contribution in [-0.2, 0) is 14.3 Å². The van der Waals surface area contributed by atoms with Gasteiger partial charge in [0.2, 0.25) is 5.91 Å². The van der Waals surface area contributed by atoms with E-state index in [4.69, 9.17) is 0 Å². The molecule has 8 heteroatoms. The summed E-state index contributed by atoms with van der Waals surface area (Å²) in [5, 5.41) is 3.85. The molecule has 0 saturated heterocycles. The van der Waals surface area contributed by atoms with Gasteiger partial charge in [-0.15, -0.1) is 0 Å². The molecule has 0 aliphatic heterocycles. The van der Waals surface area contributed by atoms with Crippen molar-refractivity contribution in [1.82, 2.24) is 5.32 Å². The maximum atomic E-state index is 13.7. The number of para-hydroxylation sites is 1. The predicted octanol–water partition coefficient (Wildman–Crippen LogP) is 2.75. The first-order valence-electron chi connectivity index (χ1n) is 7.06. The third-order valence-corrected chi connectivity index (χ3v) is 3.12. The van der Waals surface area contributed by atoms with E-state index < -0.39 is 23.7 Å². The van der Waals surface area contributed by atoms with E-state index in [-0.39, 0.29) is 18.7 Å². The van der Waals surface area contributed by atoms with Crippen LogP contribution in [0.2, 0.25) is 0 Å². The molecule has 0 radical (unpaired) electrons. The average molecular weight is 332 g/mol. The van der Waals surface area contributed by atoms with Gasteiger partial charge >= 0.3 is 17.8 Å². The van der Waals surface area contributed by atoms with Crippen LogP contribution in [0, 0.1) is 6.92 Å². The van der Waals surface area contributed by atoms with E-state index in [1.54, 1.807) is 24.4 Å². The number of ether oxygens (including phenoxy) is 1. The highest BCUT2D eigenvalue weighted by molar-refractivity contribution is 5.91. The molecule has 1 aromatic carbocycles.